The predicted octanol–water partition coefficient (Wildman–Crippen LogP) is 3.09. The molecule has 1 fully saturated rings. The van der Waals surface area contributed by atoms with Gasteiger partial charge in [-0.1, -0.05) is 18.5 Å². The summed E-state index contributed by atoms with van der Waals surface area (Å²) in [6.07, 6.45) is 2.75. The number of benzene rings is 1. The summed E-state index contributed by atoms with van der Waals surface area (Å²) in [6.45, 7) is 6.23. The summed E-state index contributed by atoms with van der Waals surface area (Å²) in [5.41, 5.74) is 6.47. The Morgan fingerprint density at radius 3 is 2.83 bits per heavy atom. The van der Waals surface area contributed by atoms with Crippen molar-refractivity contribution in [3.8, 4) is 11.5 Å². The molecule has 0 saturated carbocycles. The molecule has 2 rings (SSSR count). The van der Waals surface area contributed by atoms with Crippen molar-refractivity contribution in [2.24, 2.45) is 5.73 Å². The van der Waals surface area contributed by atoms with Crippen molar-refractivity contribution >= 4 is 17.5 Å². The first kappa shape index (κ1) is 17.9. The number of amides is 1. The van der Waals surface area contributed by atoms with Crippen molar-refractivity contribution in [2.45, 2.75) is 39.2 Å². The van der Waals surface area contributed by atoms with E-state index in [4.69, 9.17) is 26.8 Å². The molecule has 1 heterocycles. The van der Waals surface area contributed by atoms with Crippen LogP contribution in [0.5, 0.6) is 11.5 Å². The number of nitrogens with two attached hydrogens (primary N) is 1. The van der Waals surface area contributed by atoms with Gasteiger partial charge >= 0.3 is 0 Å². The molecule has 0 bridgehead atoms. The highest BCUT2D eigenvalue weighted by molar-refractivity contribution is 6.32. The maximum atomic E-state index is 12.7. The summed E-state index contributed by atoms with van der Waals surface area (Å²) < 4.78 is 11.3. The van der Waals surface area contributed by atoms with Gasteiger partial charge in [0.2, 0.25) is 0 Å². The molecule has 0 aliphatic carbocycles. The maximum Gasteiger partial charge on any atom is 0.254 e. The molecule has 5 nitrogen and oxygen atoms in total. The number of halogens is 1. The van der Waals surface area contributed by atoms with Crippen LogP contribution in [0.15, 0.2) is 12.1 Å². The van der Waals surface area contributed by atoms with Crippen molar-refractivity contribution in [1.29, 1.82) is 0 Å². The monoisotopic (exact) mass is 340 g/mol. The van der Waals surface area contributed by atoms with Crippen LogP contribution in [0.3, 0.4) is 0 Å². The Labute approximate surface area is 142 Å². The number of nitrogens with zero attached hydrogens (tertiary/aromatic N) is 1. The number of piperidine rings is 1. The smallest absolute Gasteiger partial charge is 0.254 e. The van der Waals surface area contributed by atoms with Crippen molar-refractivity contribution in [3.63, 3.8) is 0 Å². The average molecular weight is 341 g/mol. The third-order valence-electron chi connectivity index (χ3n) is 3.75. The molecule has 1 aromatic rings. The fourth-order valence-corrected chi connectivity index (χ4v) is 2.94. The normalized spacial score (nSPS) is 17.9. The first-order valence-electron chi connectivity index (χ1n) is 8.20. The van der Waals surface area contributed by atoms with Crippen LogP contribution in [-0.2, 0) is 0 Å². The average Bonchev–Trinajstić information content (AvgIpc) is 2.53. The Morgan fingerprint density at radius 1 is 1.39 bits per heavy atom. The zero-order valence-electron chi connectivity index (χ0n) is 13.8. The van der Waals surface area contributed by atoms with Crippen molar-refractivity contribution in [1.82, 2.24) is 4.90 Å². The lowest BCUT2D eigenvalue weighted by molar-refractivity contribution is 0.0708. The number of ether oxygens (including phenoxy) is 2. The molecule has 1 aromatic carbocycles. The Kier molecular flexibility index (Phi) is 6.54. The van der Waals surface area contributed by atoms with E-state index < -0.39 is 0 Å². The summed E-state index contributed by atoms with van der Waals surface area (Å²) in [6, 6.07) is 3.40. The number of carbonyl (C=O) groups is 1. The van der Waals surface area contributed by atoms with Crippen LogP contribution in [0.4, 0.5) is 0 Å². The highest BCUT2D eigenvalue weighted by atomic mass is 35.5. The van der Waals surface area contributed by atoms with Gasteiger partial charge in [0.05, 0.1) is 18.2 Å². The van der Waals surface area contributed by atoms with Crippen molar-refractivity contribution in [2.75, 3.05) is 26.3 Å². The summed E-state index contributed by atoms with van der Waals surface area (Å²) >= 11 is 6.32. The topological polar surface area (TPSA) is 64.8 Å². The molecule has 1 unspecified atom stereocenters. The second-order valence-corrected chi connectivity index (χ2v) is 6.13. The van der Waals surface area contributed by atoms with Gasteiger partial charge in [-0.2, -0.15) is 0 Å². The minimum absolute atomic E-state index is 0.0432. The number of hydrogen-bond donors (Lipinski definition) is 1. The zero-order chi connectivity index (χ0) is 16.8. The summed E-state index contributed by atoms with van der Waals surface area (Å²) in [4.78, 5) is 14.5. The van der Waals surface area contributed by atoms with Crippen LogP contribution in [0.2, 0.25) is 5.02 Å². The number of likely N-dealkylation sites (tertiary alicyclic amines) is 1. The lowest BCUT2D eigenvalue weighted by Crippen LogP contribution is -2.45. The van der Waals surface area contributed by atoms with Gasteiger partial charge in [-0.15, -0.1) is 0 Å². The molecule has 0 spiro atoms. The predicted molar refractivity (Wildman–Crippen MR) is 91.5 cm³/mol. The van der Waals surface area contributed by atoms with Crippen molar-refractivity contribution in [3.05, 3.63) is 22.7 Å². The number of carbonyl (C=O) groups excluding carboxylic acids is 1. The van der Waals surface area contributed by atoms with Crippen LogP contribution in [0.1, 0.15) is 43.5 Å². The molecule has 1 aliphatic heterocycles. The van der Waals surface area contributed by atoms with E-state index in [9.17, 15) is 4.79 Å². The Hall–Kier alpha value is -1.46. The molecular weight excluding hydrogens is 316 g/mol. The second kappa shape index (κ2) is 8.41. The Balaban J connectivity index is 2.26. The fraction of sp³-hybridized carbons (Fsp3) is 0.588. The van der Waals surface area contributed by atoms with Gasteiger partial charge in [-0.25, -0.2) is 0 Å². The van der Waals surface area contributed by atoms with Gasteiger partial charge in [-0.3, -0.25) is 4.79 Å². The van der Waals surface area contributed by atoms with E-state index in [1.807, 2.05) is 13.8 Å². The van der Waals surface area contributed by atoms with Gasteiger partial charge in [0.1, 0.15) is 0 Å². The van der Waals surface area contributed by atoms with E-state index >= 15 is 0 Å². The number of hydrogen-bond acceptors (Lipinski definition) is 4. The fourth-order valence-electron chi connectivity index (χ4n) is 2.68. The largest absolute Gasteiger partial charge is 0.490 e. The molecule has 1 amide bonds. The molecule has 0 radical (unpaired) electrons. The molecule has 6 heteroatoms. The van der Waals surface area contributed by atoms with E-state index in [1.165, 1.54) is 0 Å². The molecule has 23 heavy (non-hydrogen) atoms. The highest BCUT2D eigenvalue weighted by Gasteiger charge is 2.24. The summed E-state index contributed by atoms with van der Waals surface area (Å²) in [5, 5.41) is 0.397. The third kappa shape index (κ3) is 4.52. The SMILES string of the molecule is CCCOc1c(Cl)cc(C(=O)N2CCCC(N)C2)cc1OCC. The molecule has 2 N–H and O–H groups in total. The van der Waals surface area contributed by atoms with Crippen LogP contribution < -0.4 is 15.2 Å². The van der Waals surface area contributed by atoms with Gasteiger partial charge in [0.15, 0.2) is 11.5 Å². The van der Waals surface area contributed by atoms with Crippen molar-refractivity contribution < 1.29 is 14.3 Å². The van der Waals surface area contributed by atoms with Gasteiger partial charge in [0.25, 0.3) is 5.91 Å². The molecule has 1 aliphatic rings. The lowest BCUT2D eigenvalue weighted by Gasteiger charge is -2.31. The van der Waals surface area contributed by atoms with Crippen LogP contribution in [-0.4, -0.2) is 43.2 Å². The Bertz CT molecular complexity index is 551. The maximum absolute atomic E-state index is 12.7. The Morgan fingerprint density at radius 2 is 2.17 bits per heavy atom. The lowest BCUT2D eigenvalue weighted by atomic mass is 10.1. The first-order chi connectivity index (χ1) is 11.1. The summed E-state index contributed by atoms with van der Waals surface area (Å²) in [7, 11) is 0. The van der Waals surface area contributed by atoms with Gasteiger partial charge in [0, 0.05) is 24.7 Å². The molecule has 0 aromatic heterocycles. The minimum Gasteiger partial charge on any atom is -0.490 e. The highest BCUT2D eigenvalue weighted by Crippen LogP contribution is 2.37. The van der Waals surface area contributed by atoms with Crippen LogP contribution >= 0.6 is 11.6 Å². The number of rotatable bonds is 6. The van der Waals surface area contributed by atoms with E-state index in [2.05, 4.69) is 0 Å². The summed E-state index contributed by atoms with van der Waals surface area (Å²) in [5.74, 6) is 0.949. The van der Waals surface area contributed by atoms with Gasteiger partial charge in [-0.05, 0) is 38.3 Å². The third-order valence-corrected chi connectivity index (χ3v) is 4.03. The molecular formula is C17H25ClN2O3. The van der Waals surface area contributed by atoms with E-state index in [-0.39, 0.29) is 11.9 Å². The van der Waals surface area contributed by atoms with E-state index in [0.717, 1.165) is 25.8 Å². The first-order valence-corrected chi connectivity index (χ1v) is 8.58. The van der Waals surface area contributed by atoms with Crippen LogP contribution in [0, 0.1) is 0 Å². The van der Waals surface area contributed by atoms with E-state index in [1.54, 1.807) is 17.0 Å². The molecule has 1 saturated heterocycles. The second-order valence-electron chi connectivity index (χ2n) is 5.72. The minimum atomic E-state index is -0.0648. The quantitative estimate of drug-likeness (QED) is 0.864. The standard InChI is InChI=1S/C17H25ClN2O3/c1-3-8-23-16-14(18)9-12(10-15(16)22-4-2)17(21)20-7-5-6-13(19)11-20/h9-10,13H,3-8,11,19H2,1-2H3. The van der Waals surface area contributed by atoms with Gasteiger partial charge < -0.3 is 20.1 Å². The zero-order valence-corrected chi connectivity index (χ0v) is 14.6. The molecule has 128 valence electrons. The van der Waals surface area contributed by atoms with E-state index in [0.29, 0.717) is 41.8 Å². The van der Waals surface area contributed by atoms with Crippen LogP contribution in [0.25, 0.3) is 0 Å². The molecule has 1 atom stereocenters.